The van der Waals surface area contributed by atoms with E-state index in [0.29, 0.717) is 29.2 Å². The minimum absolute atomic E-state index is 0.0289. The van der Waals surface area contributed by atoms with Crippen LogP contribution in [0.3, 0.4) is 0 Å². The van der Waals surface area contributed by atoms with Crippen molar-refractivity contribution in [3.05, 3.63) is 106 Å². The predicted octanol–water partition coefficient (Wildman–Crippen LogP) is 6.50. The van der Waals surface area contributed by atoms with E-state index in [1.54, 1.807) is 18.2 Å². The molecule has 3 aromatic rings. The molecular weight excluding hydrogens is 403 g/mol. The Bertz CT molecular complexity index is 1150. The maximum Gasteiger partial charge on any atom is 0.231 e. The highest BCUT2D eigenvalue weighted by Crippen LogP contribution is 2.39. The van der Waals surface area contributed by atoms with Gasteiger partial charge in [0, 0.05) is 11.1 Å². The molecule has 3 nitrogen and oxygen atoms in total. The van der Waals surface area contributed by atoms with E-state index in [2.05, 4.69) is 0 Å². The maximum atomic E-state index is 14.1. The molecule has 0 spiro atoms. The second-order valence-corrected chi connectivity index (χ2v) is 7.17. The summed E-state index contributed by atoms with van der Waals surface area (Å²) in [5.41, 5.74) is 2.33. The van der Waals surface area contributed by atoms with Crippen molar-refractivity contribution >= 4 is 29.5 Å². The molecule has 0 fully saturated rings. The van der Waals surface area contributed by atoms with Crippen LogP contribution < -0.4 is 9.47 Å². The summed E-state index contributed by atoms with van der Waals surface area (Å²) in [7, 11) is 0. The average molecular weight is 421 g/mol. The van der Waals surface area contributed by atoms with Crippen LogP contribution in [0.15, 0.2) is 72.5 Å². The van der Waals surface area contributed by atoms with Gasteiger partial charge in [0.05, 0.1) is 10.6 Å². The van der Waals surface area contributed by atoms with Gasteiger partial charge in [-0.1, -0.05) is 54.1 Å². The summed E-state index contributed by atoms with van der Waals surface area (Å²) >= 11 is 6.06. The molecule has 3 aromatic carbocycles. The van der Waals surface area contributed by atoms with Gasteiger partial charge in [0.25, 0.3) is 0 Å². The SMILES string of the molecule is Cc1c(OC/C=C/c2ccccc2)ccc2c1O/C(=C\c1c(F)cccc1Cl)C2=O. The number of hydrogen-bond donors (Lipinski definition) is 0. The van der Waals surface area contributed by atoms with Crippen LogP contribution in [0, 0.1) is 12.7 Å². The minimum atomic E-state index is -0.520. The average Bonchev–Trinajstić information content (AvgIpc) is 3.07. The van der Waals surface area contributed by atoms with Gasteiger partial charge in [-0.15, -0.1) is 0 Å². The molecule has 0 aromatic heterocycles. The molecule has 0 amide bonds. The van der Waals surface area contributed by atoms with Crippen molar-refractivity contribution in [1.82, 2.24) is 0 Å². The highest BCUT2D eigenvalue weighted by Gasteiger charge is 2.30. The second kappa shape index (κ2) is 8.56. The first-order valence-corrected chi connectivity index (χ1v) is 9.78. The zero-order valence-corrected chi connectivity index (χ0v) is 16.9. The lowest BCUT2D eigenvalue weighted by molar-refractivity contribution is 0.101. The van der Waals surface area contributed by atoms with E-state index in [1.807, 2.05) is 49.4 Å². The van der Waals surface area contributed by atoms with Crippen LogP contribution in [0.2, 0.25) is 5.02 Å². The molecule has 5 heteroatoms. The van der Waals surface area contributed by atoms with Gasteiger partial charge in [-0.25, -0.2) is 4.39 Å². The molecule has 0 aliphatic carbocycles. The van der Waals surface area contributed by atoms with E-state index in [1.165, 1.54) is 18.2 Å². The van der Waals surface area contributed by atoms with Crippen molar-refractivity contribution in [3.8, 4) is 11.5 Å². The topological polar surface area (TPSA) is 35.5 Å². The van der Waals surface area contributed by atoms with E-state index in [4.69, 9.17) is 21.1 Å². The molecule has 4 rings (SSSR count). The first-order chi connectivity index (χ1) is 14.5. The van der Waals surface area contributed by atoms with E-state index in [0.717, 1.165) is 5.56 Å². The van der Waals surface area contributed by atoms with Crippen LogP contribution in [-0.2, 0) is 0 Å². The molecule has 0 saturated carbocycles. The maximum absolute atomic E-state index is 14.1. The monoisotopic (exact) mass is 420 g/mol. The Balaban J connectivity index is 1.53. The lowest BCUT2D eigenvalue weighted by Gasteiger charge is -2.10. The number of Topliss-reactive ketones (excluding diaryl/α,β-unsaturated/α-hetero) is 1. The van der Waals surface area contributed by atoms with Crippen LogP contribution in [0.5, 0.6) is 11.5 Å². The van der Waals surface area contributed by atoms with Crippen LogP contribution >= 0.6 is 11.6 Å². The standard InChI is InChI=1S/C25H18ClFO3/c1-16-22(29-14-6-9-17-7-3-2-4-8-17)13-12-18-24(28)23(30-25(16)18)15-19-20(26)10-5-11-21(19)27/h2-13,15H,14H2,1H3/b9-6+,23-15-. The number of halogens is 2. The summed E-state index contributed by atoms with van der Waals surface area (Å²) in [5, 5.41) is 0.209. The van der Waals surface area contributed by atoms with Crippen LogP contribution in [0.1, 0.15) is 27.0 Å². The first-order valence-electron chi connectivity index (χ1n) is 9.41. The fourth-order valence-electron chi connectivity index (χ4n) is 3.19. The van der Waals surface area contributed by atoms with Gasteiger partial charge in [-0.2, -0.15) is 0 Å². The van der Waals surface area contributed by atoms with Gasteiger partial charge in [-0.05, 0) is 48.9 Å². The first kappa shape index (κ1) is 19.9. The third-order valence-corrected chi connectivity index (χ3v) is 5.09. The van der Waals surface area contributed by atoms with Crippen LogP contribution in [0.4, 0.5) is 4.39 Å². The summed E-state index contributed by atoms with van der Waals surface area (Å²) in [6.07, 6.45) is 5.23. The molecule has 0 atom stereocenters. The molecule has 150 valence electrons. The quantitative estimate of drug-likeness (QED) is 0.442. The summed E-state index contributed by atoms with van der Waals surface area (Å²) in [6.45, 7) is 2.19. The fourth-order valence-corrected chi connectivity index (χ4v) is 3.41. The fraction of sp³-hybridized carbons (Fsp3) is 0.0800. The highest BCUT2D eigenvalue weighted by molar-refractivity contribution is 6.32. The normalized spacial score (nSPS) is 14.2. The smallest absolute Gasteiger partial charge is 0.231 e. The number of allylic oxidation sites excluding steroid dienone is 1. The predicted molar refractivity (Wildman–Crippen MR) is 116 cm³/mol. The number of carbonyl (C=O) groups is 1. The molecule has 1 heterocycles. The van der Waals surface area contributed by atoms with Gasteiger partial charge in [0.2, 0.25) is 5.78 Å². The third-order valence-electron chi connectivity index (χ3n) is 4.76. The van der Waals surface area contributed by atoms with E-state index >= 15 is 0 Å². The van der Waals surface area contributed by atoms with Crippen molar-refractivity contribution in [2.24, 2.45) is 0 Å². The number of carbonyl (C=O) groups excluding carboxylic acids is 1. The Morgan fingerprint density at radius 2 is 1.87 bits per heavy atom. The van der Waals surface area contributed by atoms with Crippen LogP contribution in [-0.4, -0.2) is 12.4 Å². The molecule has 0 N–H and O–H groups in total. The molecule has 1 aliphatic heterocycles. The van der Waals surface area contributed by atoms with Gasteiger partial charge >= 0.3 is 0 Å². The molecule has 1 aliphatic rings. The Morgan fingerprint density at radius 3 is 2.63 bits per heavy atom. The molecule has 0 unspecified atom stereocenters. The summed E-state index contributed by atoms with van der Waals surface area (Å²) in [4.78, 5) is 12.7. The third kappa shape index (κ3) is 4.00. The van der Waals surface area contributed by atoms with Crippen molar-refractivity contribution in [1.29, 1.82) is 0 Å². The molecular formula is C25H18ClFO3. The second-order valence-electron chi connectivity index (χ2n) is 6.76. The van der Waals surface area contributed by atoms with E-state index in [9.17, 15) is 9.18 Å². The summed E-state index contributed by atoms with van der Waals surface area (Å²) < 4.78 is 25.7. The van der Waals surface area contributed by atoms with Gasteiger partial charge in [0.1, 0.15) is 23.9 Å². The lowest BCUT2D eigenvalue weighted by atomic mass is 10.1. The molecule has 0 radical (unpaired) electrons. The van der Waals surface area contributed by atoms with E-state index < -0.39 is 5.82 Å². The van der Waals surface area contributed by atoms with E-state index in [-0.39, 0.29) is 22.1 Å². The summed E-state index contributed by atoms with van der Waals surface area (Å²) in [5.74, 6) is 0.227. The number of rotatable bonds is 5. The zero-order chi connectivity index (χ0) is 21.1. The molecule has 30 heavy (non-hydrogen) atoms. The Kier molecular flexibility index (Phi) is 5.68. The Morgan fingerprint density at radius 1 is 1.07 bits per heavy atom. The number of benzene rings is 3. The minimum Gasteiger partial charge on any atom is -0.489 e. The van der Waals surface area contributed by atoms with Crippen molar-refractivity contribution in [2.45, 2.75) is 6.92 Å². The van der Waals surface area contributed by atoms with Gasteiger partial charge in [0.15, 0.2) is 5.76 Å². The van der Waals surface area contributed by atoms with Gasteiger partial charge < -0.3 is 9.47 Å². The van der Waals surface area contributed by atoms with Gasteiger partial charge in [-0.3, -0.25) is 4.79 Å². The largest absolute Gasteiger partial charge is 0.489 e. The zero-order valence-electron chi connectivity index (χ0n) is 16.2. The lowest BCUT2D eigenvalue weighted by Crippen LogP contribution is -1.99. The number of ketones is 1. The van der Waals surface area contributed by atoms with Crippen LogP contribution in [0.25, 0.3) is 12.2 Å². The Hall–Kier alpha value is -3.37. The Labute approximate surface area is 179 Å². The number of hydrogen-bond acceptors (Lipinski definition) is 3. The highest BCUT2D eigenvalue weighted by atomic mass is 35.5. The van der Waals surface area contributed by atoms with Crippen molar-refractivity contribution in [2.75, 3.05) is 6.61 Å². The number of ether oxygens (including phenoxy) is 2. The number of fused-ring (bicyclic) bond motifs is 1. The molecule has 0 saturated heterocycles. The van der Waals surface area contributed by atoms with Crippen molar-refractivity contribution in [3.63, 3.8) is 0 Å². The molecule has 0 bridgehead atoms. The summed E-state index contributed by atoms with van der Waals surface area (Å²) in [6, 6.07) is 17.7. The van der Waals surface area contributed by atoms with Crippen molar-refractivity contribution < 1.29 is 18.7 Å².